The number of fused-ring (bicyclic) bond motifs is 1. The standard InChI is InChI=1S/C22H29F2N7O/c1-30(2)20(32)16-8-5-11-31(16)21-25-14-9-10-22(23,24)18(14)19(27-21)26-17-12-15(28-29-17)13-6-3-4-7-13/h12-13,16H,3-11H2,1-2H3,(H2,25,26,27,28,29). The normalized spacial score (nSPS) is 22.4. The monoisotopic (exact) mass is 445 g/mol. The second-order valence-electron chi connectivity index (χ2n) is 9.30. The van der Waals surface area contributed by atoms with Crippen LogP contribution in [0.4, 0.5) is 26.4 Å². The van der Waals surface area contributed by atoms with Gasteiger partial charge in [0.05, 0.1) is 11.3 Å². The first-order valence-electron chi connectivity index (χ1n) is 11.4. The second kappa shape index (κ2) is 7.97. The van der Waals surface area contributed by atoms with E-state index >= 15 is 0 Å². The van der Waals surface area contributed by atoms with Gasteiger partial charge in [0.15, 0.2) is 5.82 Å². The molecule has 2 aliphatic carbocycles. The zero-order valence-electron chi connectivity index (χ0n) is 18.5. The maximum Gasteiger partial charge on any atom is 0.278 e. The van der Waals surface area contributed by atoms with Crippen molar-refractivity contribution in [1.82, 2.24) is 25.1 Å². The van der Waals surface area contributed by atoms with Crippen molar-refractivity contribution in [2.45, 2.75) is 69.2 Å². The van der Waals surface area contributed by atoms with Crippen LogP contribution in [0.2, 0.25) is 0 Å². The van der Waals surface area contributed by atoms with Gasteiger partial charge in [-0.1, -0.05) is 12.8 Å². The molecule has 3 heterocycles. The van der Waals surface area contributed by atoms with Gasteiger partial charge in [0.1, 0.15) is 11.9 Å². The molecule has 5 rings (SSSR count). The van der Waals surface area contributed by atoms with Crippen LogP contribution in [0.1, 0.15) is 67.8 Å². The number of anilines is 3. The number of carbonyl (C=O) groups excluding carboxylic acids is 1. The molecular weight excluding hydrogens is 416 g/mol. The van der Waals surface area contributed by atoms with Gasteiger partial charge >= 0.3 is 0 Å². The number of hydrogen-bond acceptors (Lipinski definition) is 6. The third-order valence-corrected chi connectivity index (χ3v) is 6.89. The van der Waals surface area contributed by atoms with E-state index in [9.17, 15) is 13.6 Å². The van der Waals surface area contributed by atoms with Gasteiger partial charge in [-0.25, -0.2) is 13.8 Å². The number of aromatic nitrogens is 4. The molecule has 2 N–H and O–H groups in total. The van der Waals surface area contributed by atoms with Gasteiger partial charge in [-0.15, -0.1) is 0 Å². The molecule has 0 bridgehead atoms. The Morgan fingerprint density at radius 3 is 2.75 bits per heavy atom. The highest BCUT2D eigenvalue weighted by atomic mass is 19.3. The van der Waals surface area contributed by atoms with Gasteiger partial charge in [0.25, 0.3) is 5.92 Å². The van der Waals surface area contributed by atoms with Crippen LogP contribution in [0, 0.1) is 0 Å². The van der Waals surface area contributed by atoms with Crippen LogP contribution in [0.25, 0.3) is 0 Å². The molecule has 1 atom stereocenters. The molecule has 1 aliphatic heterocycles. The number of likely N-dealkylation sites (N-methyl/N-ethyl adjacent to an activating group) is 1. The number of aromatic amines is 1. The summed E-state index contributed by atoms with van der Waals surface area (Å²) >= 11 is 0. The molecule has 1 unspecified atom stereocenters. The number of H-pyrrole nitrogens is 1. The summed E-state index contributed by atoms with van der Waals surface area (Å²) in [5.41, 5.74) is 1.22. The van der Waals surface area contributed by atoms with Crippen LogP contribution in [0.3, 0.4) is 0 Å². The number of amides is 1. The molecule has 10 heteroatoms. The van der Waals surface area contributed by atoms with Crippen molar-refractivity contribution in [2.24, 2.45) is 0 Å². The van der Waals surface area contributed by atoms with E-state index in [4.69, 9.17) is 0 Å². The Kier molecular flexibility index (Phi) is 5.25. The van der Waals surface area contributed by atoms with Crippen molar-refractivity contribution >= 4 is 23.5 Å². The van der Waals surface area contributed by atoms with Crippen LogP contribution in [0.15, 0.2) is 6.07 Å². The molecule has 2 aromatic rings. The molecule has 1 saturated carbocycles. The van der Waals surface area contributed by atoms with Gasteiger partial charge in [-0.05, 0) is 32.1 Å². The summed E-state index contributed by atoms with van der Waals surface area (Å²) in [6.07, 6.45) is 6.04. The zero-order valence-corrected chi connectivity index (χ0v) is 18.5. The quantitative estimate of drug-likeness (QED) is 0.730. The number of halogens is 2. The number of carbonyl (C=O) groups is 1. The van der Waals surface area contributed by atoms with E-state index in [-0.39, 0.29) is 36.2 Å². The van der Waals surface area contributed by atoms with Gasteiger partial charge in [-0.2, -0.15) is 10.1 Å². The van der Waals surface area contributed by atoms with Crippen LogP contribution < -0.4 is 10.2 Å². The largest absolute Gasteiger partial charge is 0.347 e. The van der Waals surface area contributed by atoms with Gasteiger partial charge in [0.2, 0.25) is 11.9 Å². The van der Waals surface area contributed by atoms with Gasteiger partial charge in [-0.3, -0.25) is 9.89 Å². The first kappa shape index (κ1) is 21.1. The fraction of sp³-hybridized carbons (Fsp3) is 0.636. The fourth-order valence-electron chi connectivity index (χ4n) is 5.21. The average molecular weight is 446 g/mol. The molecule has 0 radical (unpaired) electrons. The lowest BCUT2D eigenvalue weighted by atomic mass is 10.0. The Balaban J connectivity index is 1.49. The minimum absolute atomic E-state index is 0.0278. The van der Waals surface area contributed by atoms with Crippen LogP contribution >= 0.6 is 0 Å². The van der Waals surface area contributed by atoms with Crippen molar-refractivity contribution in [3.05, 3.63) is 23.0 Å². The van der Waals surface area contributed by atoms with Crippen molar-refractivity contribution < 1.29 is 13.6 Å². The first-order valence-corrected chi connectivity index (χ1v) is 11.4. The molecule has 2 fully saturated rings. The molecule has 8 nitrogen and oxygen atoms in total. The van der Waals surface area contributed by atoms with E-state index in [1.165, 1.54) is 12.8 Å². The summed E-state index contributed by atoms with van der Waals surface area (Å²) in [6, 6.07) is 1.52. The van der Waals surface area contributed by atoms with Crippen molar-refractivity contribution in [3.63, 3.8) is 0 Å². The molecule has 2 aromatic heterocycles. The molecule has 172 valence electrons. The van der Waals surface area contributed by atoms with E-state index in [1.54, 1.807) is 19.0 Å². The number of aryl methyl sites for hydroxylation is 1. The average Bonchev–Trinajstić information content (AvgIpc) is 3.54. The number of rotatable bonds is 5. The summed E-state index contributed by atoms with van der Waals surface area (Å²) in [5, 5.41) is 10.4. The smallest absolute Gasteiger partial charge is 0.278 e. The zero-order chi connectivity index (χ0) is 22.5. The van der Waals surface area contributed by atoms with Gasteiger partial charge in [0, 0.05) is 44.7 Å². The highest BCUT2D eigenvalue weighted by Gasteiger charge is 2.45. The Morgan fingerprint density at radius 2 is 2.00 bits per heavy atom. The van der Waals surface area contributed by atoms with Crippen molar-refractivity contribution in [3.8, 4) is 0 Å². The highest BCUT2D eigenvalue weighted by Crippen LogP contribution is 2.46. The number of nitrogens with one attached hydrogen (secondary N) is 2. The molecule has 32 heavy (non-hydrogen) atoms. The predicted octanol–water partition coefficient (Wildman–Crippen LogP) is 3.70. The Morgan fingerprint density at radius 1 is 1.22 bits per heavy atom. The summed E-state index contributed by atoms with van der Waals surface area (Å²) in [4.78, 5) is 25.1. The first-order chi connectivity index (χ1) is 15.3. The molecular formula is C22H29F2N7O. The maximum atomic E-state index is 14.7. The third-order valence-electron chi connectivity index (χ3n) is 6.89. The molecule has 1 amide bonds. The summed E-state index contributed by atoms with van der Waals surface area (Å²) in [5.74, 6) is -1.70. The van der Waals surface area contributed by atoms with E-state index in [1.807, 2.05) is 11.0 Å². The van der Waals surface area contributed by atoms with Gasteiger partial charge < -0.3 is 15.1 Å². The topological polar surface area (TPSA) is 90.0 Å². The Labute approximate surface area is 185 Å². The predicted molar refractivity (Wildman–Crippen MR) is 116 cm³/mol. The van der Waals surface area contributed by atoms with E-state index in [2.05, 4.69) is 25.5 Å². The summed E-state index contributed by atoms with van der Waals surface area (Å²) in [6.45, 7) is 0.618. The highest BCUT2D eigenvalue weighted by molar-refractivity contribution is 5.85. The molecule has 0 spiro atoms. The number of hydrogen-bond donors (Lipinski definition) is 2. The minimum atomic E-state index is -3.00. The Hall–Kier alpha value is -2.78. The van der Waals surface area contributed by atoms with E-state index in [0.717, 1.165) is 25.0 Å². The molecule has 3 aliphatic rings. The summed E-state index contributed by atoms with van der Waals surface area (Å²) < 4.78 is 29.5. The SMILES string of the molecule is CN(C)C(=O)C1CCCN1c1nc2c(c(Nc3cc(C4CCCC4)[nH]n3)n1)C(F)(F)CC2. The van der Waals surface area contributed by atoms with Crippen LogP contribution in [0.5, 0.6) is 0 Å². The Bertz CT molecular complexity index is 1020. The molecule has 1 saturated heterocycles. The van der Waals surface area contributed by atoms with E-state index in [0.29, 0.717) is 36.3 Å². The van der Waals surface area contributed by atoms with E-state index < -0.39 is 5.92 Å². The summed E-state index contributed by atoms with van der Waals surface area (Å²) in [7, 11) is 3.44. The lowest BCUT2D eigenvalue weighted by Gasteiger charge is -2.27. The van der Waals surface area contributed by atoms with Crippen LogP contribution in [-0.2, 0) is 17.1 Å². The fourth-order valence-corrected chi connectivity index (χ4v) is 5.21. The number of alkyl halides is 2. The second-order valence-corrected chi connectivity index (χ2v) is 9.30. The number of nitrogens with zero attached hydrogens (tertiary/aromatic N) is 5. The van der Waals surface area contributed by atoms with Crippen molar-refractivity contribution in [1.29, 1.82) is 0 Å². The minimum Gasteiger partial charge on any atom is -0.347 e. The third kappa shape index (κ3) is 3.69. The lowest BCUT2D eigenvalue weighted by molar-refractivity contribution is -0.129. The maximum absolute atomic E-state index is 14.7. The van der Waals surface area contributed by atoms with Crippen molar-refractivity contribution in [2.75, 3.05) is 30.9 Å². The lowest BCUT2D eigenvalue weighted by Crippen LogP contribution is -2.43. The molecule has 0 aromatic carbocycles. The van der Waals surface area contributed by atoms with Crippen LogP contribution in [-0.4, -0.2) is 57.7 Å².